The summed E-state index contributed by atoms with van der Waals surface area (Å²) < 4.78 is 22.6. The van der Waals surface area contributed by atoms with Crippen LogP contribution in [0.1, 0.15) is 22.3 Å². The second kappa shape index (κ2) is 14.7. The minimum Gasteiger partial charge on any atom is -0.497 e. The van der Waals surface area contributed by atoms with E-state index in [2.05, 4.69) is 48.5 Å². The van der Waals surface area contributed by atoms with Crippen LogP contribution < -0.4 is 29.6 Å². The maximum absolute atomic E-state index is 6.42. The Morgan fingerprint density at radius 1 is 0.365 bits per heavy atom. The molecule has 1 aliphatic rings. The third kappa shape index (κ3) is 6.06. The molecule has 1 saturated carbocycles. The van der Waals surface area contributed by atoms with Crippen LogP contribution in [0.3, 0.4) is 0 Å². The van der Waals surface area contributed by atoms with Crippen LogP contribution in [0.15, 0.2) is 146 Å². The van der Waals surface area contributed by atoms with Gasteiger partial charge in [0.1, 0.15) is 23.0 Å². The Morgan fingerprint density at radius 2 is 0.596 bits per heavy atom. The van der Waals surface area contributed by atoms with Gasteiger partial charge >= 0.3 is 0 Å². The first-order valence-electron chi connectivity index (χ1n) is 16.9. The molecular formula is C44H38Cl2N2O4. The minimum absolute atomic E-state index is 0.453. The molecule has 6 aromatic carbocycles. The highest BCUT2D eigenvalue weighted by molar-refractivity contribution is 6.30. The van der Waals surface area contributed by atoms with Crippen molar-refractivity contribution >= 4 is 34.6 Å². The molecule has 0 atom stereocenters. The number of rotatable bonds is 12. The first-order valence-corrected chi connectivity index (χ1v) is 17.6. The molecule has 0 heterocycles. The van der Waals surface area contributed by atoms with Gasteiger partial charge in [0, 0.05) is 10.0 Å². The van der Waals surface area contributed by atoms with Crippen LogP contribution in [-0.2, 0) is 10.8 Å². The zero-order chi connectivity index (χ0) is 36.3. The summed E-state index contributed by atoms with van der Waals surface area (Å²) in [5.41, 5.74) is 4.05. The van der Waals surface area contributed by atoms with Crippen LogP contribution in [-0.4, -0.2) is 40.5 Å². The normalized spacial score (nSPS) is 17.0. The summed E-state index contributed by atoms with van der Waals surface area (Å²) in [6.45, 7) is 0. The van der Waals surface area contributed by atoms with Gasteiger partial charge in [-0.3, -0.25) is 10.6 Å². The summed E-state index contributed by atoms with van der Waals surface area (Å²) in [6.07, 6.45) is 0. The molecule has 7 rings (SSSR count). The molecule has 2 radical (unpaired) electrons. The maximum atomic E-state index is 6.42. The summed E-state index contributed by atoms with van der Waals surface area (Å²) in [4.78, 5) is 0. The van der Waals surface area contributed by atoms with Crippen molar-refractivity contribution in [3.05, 3.63) is 178 Å². The van der Waals surface area contributed by atoms with Crippen LogP contribution in [0, 0.1) is 0 Å². The maximum Gasteiger partial charge on any atom is 0.118 e. The molecule has 0 unspecified atom stereocenters. The lowest BCUT2D eigenvalue weighted by molar-refractivity contribution is 0.0450. The fourth-order valence-corrected chi connectivity index (χ4v) is 8.00. The molecule has 6 nitrogen and oxygen atoms in total. The quantitative estimate of drug-likeness (QED) is 0.126. The molecule has 0 spiro atoms. The molecule has 6 aromatic rings. The SMILES string of the molecule is COc1ccc(C2(c3ccc(OC)cc3)C([N]c3ccc(Cl)cc3)C(c3ccc(OC)cc3)(c3ccc(OC)cc3)C2[N]c2ccc(Cl)cc2)cc1. The fourth-order valence-electron chi connectivity index (χ4n) is 7.74. The number of hydrogen-bond acceptors (Lipinski definition) is 4. The second-order valence-corrected chi connectivity index (χ2v) is 13.5. The molecule has 0 N–H and O–H groups in total. The molecule has 0 bridgehead atoms. The Hall–Kier alpha value is -5.30. The van der Waals surface area contributed by atoms with Gasteiger partial charge in [-0.15, -0.1) is 0 Å². The van der Waals surface area contributed by atoms with Crippen LogP contribution in [0.2, 0.25) is 10.0 Å². The summed E-state index contributed by atoms with van der Waals surface area (Å²) in [7, 11) is 6.70. The highest BCUT2D eigenvalue weighted by Gasteiger charge is 2.75. The monoisotopic (exact) mass is 728 g/mol. The van der Waals surface area contributed by atoms with Gasteiger partial charge < -0.3 is 18.9 Å². The van der Waals surface area contributed by atoms with Crippen molar-refractivity contribution in [1.82, 2.24) is 10.6 Å². The lowest BCUT2D eigenvalue weighted by atomic mass is 9.37. The molecule has 0 saturated heterocycles. The zero-order valence-corrected chi connectivity index (χ0v) is 30.8. The molecule has 0 amide bonds. The van der Waals surface area contributed by atoms with Crippen molar-refractivity contribution in [2.24, 2.45) is 0 Å². The second-order valence-electron chi connectivity index (χ2n) is 12.7. The number of nitrogens with zero attached hydrogens (tertiary/aromatic N) is 2. The van der Waals surface area contributed by atoms with E-state index in [4.69, 9.17) is 52.8 Å². The van der Waals surface area contributed by atoms with E-state index in [0.717, 1.165) is 56.6 Å². The summed E-state index contributed by atoms with van der Waals surface area (Å²) in [5.74, 6) is 3.01. The van der Waals surface area contributed by atoms with Gasteiger partial charge in [0.15, 0.2) is 0 Å². The van der Waals surface area contributed by atoms with Crippen LogP contribution in [0.4, 0.5) is 11.4 Å². The van der Waals surface area contributed by atoms with E-state index >= 15 is 0 Å². The summed E-state index contributed by atoms with van der Waals surface area (Å²) in [5, 5.41) is 12.7. The summed E-state index contributed by atoms with van der Waals surface area (Å²) >= 11 is 12.8. The molecule has 1 fully saturated rings. The third-order valence-corrected chi connectivity index (χ3v) is 10.7. The average molecular weight is 730 g/mol. The molecule has 1 aliphatic carbocycles. The van der Waals surface area contributed by atoms with Crippen molar-refractivity contribution in [3.63, 3.8) is 0 Å². The van der Waals surface area contributed by atoms with Crippen LogP contribution >= 0.6 is 23.2 Å². The van der Waals surface area contributed by atoms with Gasteiger partial charge in [-0.1, -0.05) is 71.7 Å². The average Bonchev–Trinajstić information content (AvgIpc) is 3.20. The lowest BCUT2D eigenvalue weighted by Crippen LogP contribution is -2.81. The van der Waals surface area contributed by atoms with Gasteiger partial charge in [0.25, 0.3) is 0 Å². The predicted molar refractivity (Wildman–Crippen MR) is 208 cm³/mol. The fraction of sp³-hybridized carbons (Fsp3) is 0.182. The van der Waals surface area contributed by atoms with Crippen molar-refractivity contribution in [1.29, 1.82) is 0 Å². The highest BCUT2D eigenvalue weighted by atomic mass is 35.5. The largest absolute Gasteiger partial charge is 0.497 e. The number of ether oxygens (including phenoxy) is 4. The number of halogens is 2. The zero-order valence-electron chi connectivity index (χ0n) is 29.3. The van der Waals surface area contributed by atoms with E-state index in [1.165, 1.54) is 0 Å². The lowest BCUT2D eigenvalue weighted by Gasteiger charge is -2.68. The minimum atomic E-state index is -0.822. The van der Waals surface area contributed by atoms with Crippen molar-refractivity contribution in [2.45, 2.75) is 22.9 Å². The Kier molecular flexibility index (Phi) is 9.96. The highest BCUT2D eigenvalue weighted by Crippen LogP contribution is 2.65. The number of methoxy groups -OCH3 is 4. The van der Waals surface area contributed by atoms with Gasteiger partial charge in [-0.05, 0) is 119 Å². The van der Waals surface area contributed by atoms with Gasteiger partial charge in [-0.25, -0.2) is 0 Å². The van der Waals surface area contributed by atoms with Crippen molar-refractivity contribution in [2.75, 3.05) is 28.4 Å². The molecule has 262 valence electrons. The molecule has 52 heavy (non-hydrogen) atoms. The molecule has 0 aromatic heterocycles. The summed E-state index contributed by atoms with van der Waals surface area (Å²) in [6, 6.07) is 47.5. The van der Waals surface area contributed by atoms with E-state index in [1.807, 2.05) is 97.1 Å². The smallest absolute Gasteiger partial charge is 0.118 e. The van der Waals surface area contributed by atoms with E-state index < -0.39 is 22.9 Å². The van der Waals surface area contributed by atoms with Gasteiger partial charge in [-0.2, -0.15) is 0 Å². The van der Waals surface area contributed by atoms with Crippen molar-refractivity contribution in [3.8, 4) is 23.0 Å². The van der Waals surface area contributed by atoms with E-state index in [9.17, 15) is 0 Å². The number of benzene rings is 6. The van der Waals surface area contributed by atoms with Crippen molar-refractivity contribution < 1.29 is 18.9 Å². The van der Waals surface area contributed by atoms with Gasteiger partial charge in [0.2, 0.25) is 0 Å². The van der Waals surface area contributed by atoms with Crippen LogP contribution in [0.25, 0.3) is 0 Å². The van der Waals surface area contributed by atoms with E-state index in [-0.39, 0.29) is 0 Å². The molecule has 8 heteroatoms. The van der Waals surface area contributed by atoms with E-state index in [0.29, 0.717) is 10.0 Å². The Balaban J connectivity index is 1.60. The first kappa shape index (κ1) is 35.1. The third-order valence-electron chi connectivity index (χ3n) is 10.2. The standard InChI is InChI=1S/C44H38Cl2N2O4/c1-49-37-21-5-29(6-22-37)43(30-7-23-38(50-2)24-8-30)41(47-35-17-13-33(45)14-18-35)44(31-9-25-39(51-3)26-10-31,32-11-27-40(52-4)28-12-32)42(43)48-36-19-15-34(46)16-20-36/h5-28,41-42H,1-4H3. The Bertz CT molecular complexity index is 1830. The predicted octanol–water partition coefficient (Wildman–Crippen LogP) is 9.92. The Labute approximate surface area is 315 Å². The molecular weight excluding hydrogens is 691 g/mol. The van der Waals surface area contributed by atoms with E-state index in [1.54, 1.807) is 28.4 Å². The first-order chi connectivity index (χ1) is 25.4. The van der Waals surface area contributed by atoms with Gasteiger partial charge in [0.05, 0.1) is 62.7 Å². The van der Waals surface area contributed by atoms with Crippen LogP contribution in [0.5, 0.6) is 23.0 Å². The molecule has 0 aliphatic heterocycles. The number of hydrogen-bond donors (Lipinski definition) is 0. The topological polar surface area (TPSA) is 65.1 Å². The Morgan fingerprint density at radius 3 is 0.808 bits per heavy atom.